The summed E-state index contributed by atoms with van der Waals surface area (Å²) in [4.78, 5) is 8.74. The Bertz CT molecular complexity index is 1070. The predicted octanol–water partition coefficient (Wildman–Crippen LogP) is 5.70. The van der Waals surface area contributed by atoms with Gasteiger partial charge in [-0.1, -0.05) is 35.9 Å². The van der Waals surface area contributed by atoms with E-state index in [0.717, 1.165) is 22.2 Å². The van der Waals surface area contributed by atoms with Gasteiger partial charge in [0.2, 0.25) is 0 Å². The summed E-state index contributed by atoms with van der Waals surface area (Å²) in [5.41, 5.74) is 3.65. The maximum absolute atomic E-state index is 14.3. The van der Waals surface area contributed by atoms with Crippen molar-refractivity contribution in [1.29, 1.82) is 0 Å². The highest BCUT2D eigenvalue weighted by Gasteiger charge is 2.11. The highest BCUT2D eigenvalue weighted by atomic mass is 35.5. The van der Waals surface area contributed by atoms with E-state index in [1.165, 1.54) is 12.1 Å². The molecule has 2 heterocycles. The zero-order valence-electron chi connectivity index (χ0n) is 13.8. The molecule has 1 N–H and O–H groups in total. The van der Waals surface area contributed by atoms with Gasteiger partial charge in [-0.15, -0.1) is 0 Å². The van der Waals surface area contributed by atoms with Gasteiger partial charge in [0.1, 0.15) is 5.82 Å². The highest BCUT2D eigenvalue weighted by Crippen LogP contribution is 2.31. The number of hydrogen-bond acceptors (Lipinski definition) is 3. The van der Waals surface area contributed by atoms with Crippen molar-refractivity contribution >= 4 is 28.2 Å². The number of halogens is 2. The predicted molar refractivity (Wildman–Crippen MR) is 104 cm³/mol. The number of hydrogen-bond donors (Lipinski definition) is 1. The first-order valence-corrected chi connectivity index (χ1v) is 8.56. The molecule has 0 saturated carbocycles. The second kappa shape index (κ2) is 7.10. The SMILES string of the molecule is Fc1ccc(Cl)cc1-c1cc(NCc2cccnc2)c2ccccc2n1. The standard InChI is InChI=1S/C21H15ClFN3/c22-15-7-8-18(23)17(10-15)21-11-20(16-5-1-2-6-19(16)26-21)25-13-14-4-3-9-24-12-14/h1-12H,13H2,(H,25,26). The lowest BCUT2D eigenvalue weighted by Gasteiger charge is -2.13. The van der Waals surface area contributed by atoms with E-state index < -0.39 is 0 Å². The van der Waals surface area contributed by atoms with Crippen molar-refractivity contribution in [2.75, 3.05) is 5.32 Å². The van der Waals surface area contributed by atoms with Crippen LogP contribution < -0.4 is 5.32 Å². The molecule has 0 amide bonds. The van der Waals surface area contributed by atoms with Crippen molar-refractivity contribution in [3.8, 4) is 11.3 Å². The number of rotatable bonds is 4. The van der Waals surface area contributed by atoms with Gasteiger partial charge in [-0.2, -0.15) is 0 Å². The molecule has 128 valence electrons. The molecule has 0 radical (unpaired) electrons. The normalized spacial score (nSPS) is 10.8. The third-order valence-corrected chi connectivity index (χ3v) is 4.36. The number of fused-ring (bicyclic) bond motifs is 1. The minimum absolute atomic E-state index is 0.351. The molecular weight excluding hydrogens is 349 g/mol. The van der Waals surface area contributed by atoms with Crippen LogP contribution in [0.15, 0.2) is 73.1 Å². The molecule has 0 aliphatic carbocycles. The number of nitrogens with one attached hydrogen (secondary N) is 1. The third-order valence-electron chi connectivity index (χ3n) is 4.13. The van der Waals surface area contributed by atoms with Crippen LogP contribution in [0.2, 0.25) is 5.02 Å². The topological polar surface area (TPSA) is 37.8 Å². The second-order valence-corrected chi connectivity index (χ2v) is 6.35. The van der Waals surface area contributed by atoms with Gasteiger partial charge >= 0.3 is 0 Å². The fourth-order valence-corrected chi connectivity index (χ4v) is 3.03. The summed E-state index contributed by atoms with van der Waals surface area (Å²) in [5.74, 6) is -0.351. The maximum atomic E-state index is 14.3. The average molecular weight is 364 g/mol. The van der Waals surface area contributed by atoms with Gasteiger partial charge in [0.25, 0.3) is 0 Å². The number of nitrogens with zero attached hydrogens (tertiary/aromatic N) is 2. The van der Waals surface area contributed by atoms with E-state index in [2.05, 4.69) is 15.3 Å². The summed E-state index contributed by atoms with van der Waals surface area (Å²) in [7, 11) is 0. The molecule has 0 aliphatic heterocycles. The second-order valence-electron chi connectivity index (χ2n) is 5.91. The van der Waals surface area contributed by atoms with Crippen LogP contribution in [0.5, 0.6) is 0 Å². The van der Waals surface area contributed by atoms with Crippen molar-refractivity contribution < 1.29 is 4.39 Å². The lowest BCUT2D eigenvalue weighted by molar-refractivity contribution is 0.631. The summed E-state index contributed by atoms with van der Waals surface area (Å²) in [6.07, 6.45) is 3.55. The van der Waals surface area contributed by atoms with Crippen LogP contribution in [0.4, 0.5) is 10.1 Å². The highest BCUT2D eigenvalue weighted by molar-refractivity contribution is 6.30. The van der Waals surface area contributed by atoms with E-state index in [4.69, 9.17) is 11.6 Å². The van der Waals surface area contributed by atoms with E-state index in [-0.39, 0.29) is 5.82 Å². The Balaban J connectivity index is 1.79. The van der Waals surface area contributed by atoms with Gasteiger partial charge in [0, 0.05) is 40.6 Å². The number of anilines is 1. The van der Waals surface area contributed by atoms with Crippen LogP contribution in [-0.2, 0) is 6.54 Å². The molecule has 5 heteroatoms. The van der Waals surface area contributed by atoms with Gasteiger partial charge in [0.05, 0.1) is 11.2 Å². The fraction of sp³-hybridized carbons (Fsp3) is 0.0476. The zero-order valence-corrected chi connectivity index (χ0v) is 14.5. The number of para-hydroxylation sites is 1. The van der Waals surface area contributed by atoms with Gasteiger partial charge in [-0.25, -0.2) is 9.37 Å². The Labute approximate surface area is 155 Å². The van der Waals surface area contributed by atoms with E-state index in [9.17, 15) is 4.39 Å². The molecule has 0 bridgehead atoms. The largest absolute Gasteiger partial charge is 0.380 e. The Morgan fingerprint density at radius 3 is 2.73 bits per heavy atom. The van der Waals surface area contributed by atoms with E-state index in [1.54, 1.807) is 12.3 Å². The van der Waals surface area contributed by atoms with Crippen molar-refractivity contribution in [3.05, 3.63) is 89.5 Å². The van der Waals surface area contributed by atoms with Gasteiger partial charge < -0.3 is 5.32 Å². The van der Waals surface area contributed by atoms with Crippen molar-refractivity contribution in [1.82, 2.24) is 9.97 Å². The summed E-state index contributed by atoms with van der Waals surface area (Å²) in [6, 6.07) is 18.0. The van der Waals surface area contributed by atoms with Crippen LogP contribution >= 0.6 is 11.6 Å². The number of pyridine rings is 2. The minimum Gasteiger partial charge on any atom is -0.380 e. The molecular formula is C21H15ClFN3. The molecule has 0 aliphatic rings. The Kier molecular flexibility index (Phi) is 4.50. The lowest BCUT2D eigenvalue weighted by Crippen LogP contribution is -2.02. The Morgan fingerprint density at radius 2 is 1.88 bits per heavy atom. The fourth-order valence-electron chi connectivity index (χ4n) is 2.85. The maximum Gasteiger partial charge on any atom is 0.132 e. The zero-order chi connectivity index (χ0) is 17.9. The van der Waals surface area contributed by atoms with Crippen LogP contribution in [-0.4, -0.2) is 9.97 Å². The van der Waals surface area contributed by atoms with Crippen LogP contribution in [0.3, 0.4) is 0 Å². The van der Waals surface area contributed by atoms with E-state index in [0.29, 0.717) is 22.8 Å². The molecule has 2 aromatic heterocycles. The molecule has 0 unspecified atom stereocenters. The summed E-state index contributed by atoms with van der Waals surface area (Å²) >= 11 is 6.05. The first-order valence-electron chi connectivity index (χ1n) is 8.19. The van der Waals surface area contributed by atoms with Crippen LogP contribution in [0.1, 0.15) is 5.56 Å². The van der Waals surface area contributed by atoms with Gasteiger partial charge in [0.15, 0.2) is 0 Å². The van der Waals surface area contributed by atoms with Crippen molar-refractivity contribution in [2.24, 2.45) is 0 Å². The third kappa shape index (κ3) is 3.37. The summed E-state index contributed by atoms with van der Waals surface area (Å²) < 4.78 is 14.3. The van der Waals surface area contributed by atoms with Crippen molar-refractivity contribution in [2.45, 2.75) is 6.54 Å². The Hall–Kier alpha value is -2.98. The lowest BCUT2D eigenvalue weighted by atomic mass is 10.1. The molecule has 3 nitrogen and oxygen atoms in total. The summed E-state index contributed by atoms with van der Waals surface area (Å²) in [6.45, 7) is 0.610. The molecule has 0 atom stereocenters. The first kappa shape index (κ1) is 16.5. The minimum atomic E-state index is -0.351. The van der Waals surface area contributed by atoms with Crippen molar-refractivity contribution in [3.63, 3.8) is 0 Å². The van der Waals surface area contributed by atoms with Gasteiger partial charge in [-0.3, -0.25) is 4.98 Å². The monoisotopic (exact) mass is 363 g/mol. The smallest absolute Gasteiger partial charge is 0.132 e. The molecule has 0 saturated heterocycles. The van der Waals surface area contributed by atoms with Gasteiger partial charge in [-0.05, 0) is 42.0 Å². The number of benzene rings is 2. The molecule has 4 rings (SSSR count). The van der Waals surface area contributed by atoms with E-state index in [1.807, 2.05) is 48.7 Å². The molecule has 2 aromatic carbocycles. The quantitative estimate of drug-likeness (QED) is 0.505. The van der Waals surface area contributed by atoms with Crippen LogP contribution in [0.25, 0.3) is 22.2 Å². The first-order chi connectivity index (χ1) is 12.7. The summed E-state index contributed by atoms with van der Waals surface area (Å²) in [5, 5.41) is 4.86. The van der Waals surface area contributed by atoms with E-state index >= 15 is 0 Å². The molecule has 0 fully saturated rings. The number of aromatic nitrogens is 2. The average Bonchev–Trinajstić information content (AvgIpc) is 2.68. The Morgan fingerprint density at radius 1 is 1.00 bits per heavy atom. The van der Waals surface area contributed by atoms with Crippen LogP contribution in [0, 0.1) is 5.82 Å². The molecule has 0 spiro atoms. The molecule has 26 heavy (non-hydrogen) atoms. The molecule has 4 aromatic rings.